The molecule has 0 spiro atoms. The molecule has 2 rings (SSSR count). The van der Waals surface area contributed by atoms with Gasteiger partial charge in [0, 0.05) is 23.5 Å². The molecule has 22 heavy (non-hydrogen) atoms. The van der Waals surface area contributed by atoms with Gasteiger partial charge in [-0.15, -0.1) is 0 Å². The van der Waals surface area contributed by atoms with Crippen LogP contribution in [0.2, 0.25) is 0 Å². The normalized spacial score (nSPS) is 12.2. The van der Waals surface area contributed by atoms with E-state index in [9.17, 15) is 4.79 Å². The summed E-state index contributed by atoms with van der Waals surface area (Å²) >= 11 is 0. The highest BCUT2D eigenvalue weighted by Crippen LogP contribution is 2.25. The van der Waals surface area contributed by atoms with Gasteiger partial charge in [-0.25, -0.2) is 10.2 Å². The number of nitrogens with two attached hydrogens (primary N) is 2. The van der Waals surface area contributed by atoms with Crippen LogP contribution in [-0.4, -0.2) is 17.0 Å². The summed E-state index contributed by atoms with van der Waals surface area (Å²) in [5.41, 5.74) is 6.95. The monoisotopic (exact) mass is 302 g/mol. The lowest BCUT2D eigenvalue weighted by atomic mass is 9.99. The fourth-order valence-corrected chi connectivity index (χ4v) is 2.49. The SMILES string of the molecule is CC(C)=CCc1cccc2[nH]cc(CC(NN)C(=O)ON)c12. The molecule has 1 aromatic heterocycles. The van der Waals surface area contributed by atoms with Crippen molar-refractivity contribution in [3.63, 3.8) is 0 Å². The number of rotatable bonds is 6. The standard InChI is InChI=1S/C16H22N4O2/c1-10(2)6-7-11-4-3-5-13-15(11)12(9-19-13)8-14(20-17)16(21)22-18/h3-6,9,14,19-20H,7-8,17-18H2,1-2H3. The first-order valence-corrected chi connectivity index (χ1v) is 7.14. The molecule has 0 aliphatic rings. The molecule has 1 atom stereocenters. The van der Waals surface area contributed by atoms with Crippen molar-refractivity contribution < 1.29 is 9.63 Å². The third-order valence-electron chi connectivity index (χ3n) is 3.63. The molecule has 6 heteroatoms. The van der Waals surface area contributed by atoms with Crippen molar-refractivity contribution in [1.29, 1.82) is 0 Å². The van der Waals surface area contributed by atoms with Crippen LogP contribution >= 0.6 is 0 Å². The van der Waals surface area contributed by atoms with E-state index >= 15 is 0 Å². The molecule has 1 heterocycles. The number of carbonyl (C=O) groups excluding carboxylic acids is 1. The number of hydrazine groups is 1. The second-order valence-electron chi connectivity index (χ2n) is 5.50. The number of aromatic amines is 1. The largest absolute Gasteiger partial charge is 0.372 e. The number of aromatic nitrogens is 1. The van der Waals surface area contributed by atoms with Gasteiger partial charge in [-0.1, -0.05) is 23.8 Å². The van der Waals surface area contributed by atoms with Crippen LogP contribution in [0.15, 0.2) is 36.0 Å². The molecule has 0 saturated carbocycles. The number of H-pyrrole nitrogens is 1. The summed E-state index contributed by atoms with van der Waals surface area (Å²) in [5, 5.41) is 1.12. The van der Waals surface area contributed by atoms with Gasteiger partial charge in [0.05, 0.1) is 0 Å². The van der Waals surface area contributed by atoms with E-state index in [0.717, 1.165) is 22.9 Å². The first-order chi connectivity index (χ1) is 10.6. The van der Waals surface area contributed by atoms with E-state index in [2.05, 4.69) is 41.2 Å². The third kappa shape index (κ3) is 3.54. The Morgan fingerprint density at radius 2 is 2.18 bits per heavy atom. The maximum absolute atomic E-state index is 11.6. The summed E-state index contributed by atoms with van der Waals surface area (Å²) < 4.78 is 0. The Bertz CT molecular complexity index is 687. The molecule has 0 radical (unpaired) electrons. The van der Waals surface area contributed by atoms with Gasteiger partial charge in [0.2, 0.25) is 0 Å². The van der Waals surface area contributed by atoms with Crippen LogP contribution < -0.4 is 17.2 Å². The molecule has 2 aromatic rings. The van der Waals surface area contributed by atoms with Crippen molar-refractivity contribution in [1.82, 2.24) is 10.4 Å². The molecule has 6 N–H and O–H groups in total. The smallest absolute Gasteiger partial charge is 0.343 e. The van der Waals surface area contributed by atoms with E-state index in [-0.39, 0.29) is 0 Å². The molecule has 6 nitrogen and oxygen atoms in total. The maximum Gasteiger partial charge on any atom is 0.343 e. The highest BCUT2D eigenvalue weighted by Gasteiger charge is 2.20. The van der Waals surface area contributed by atoms with Gasteiger partial charge in [-0.3, -0.25) is 5.84 Å². The van der Waals surface area contributed by atoms with Crippen LogP contribution in [0.1, 0.15) is 25.0 Å². The number of fused-ring (bicyclic) bond motifs is 1. The van der Waals surface area contributed by atoms with Crippen LogP contribution in [0.4, 0.5) is 0 Å². The van der Waals surface area contributed by atoms with E-state index in [1.54, 1.807) is 0 Å². The molecule has 1 unspecified atom stereocenters. The zero-order valence-electron chi connectivity index (χ0n) is 12.8. The van der Waals surface area contributed by atoms with Crippen LogP contribution in [0, 0.1) is 0 Å². The quantitative estimate of drug-likeness (QED) is 0.367. The number of hydrogen-bond donors (Lipinski definition) is 4. The van der Waals surface area contributed by atoms with Gasteiger partial charge in [0.1, 0.15) is 6.04 Å². The molecule has 0 saturated heterocycles. The lowest BCUT2D eigenvalue weighted by Crippen LogP contribution is -2.44. The fraction of sp³-hybridized carbons (Fsp3) is 0.312. The van der Waals surface area contributed by atoms with E-state index in [0.29, 0.717) is 6.42 Å². The second-order valence-corrected chi connectivity index (χ2v) is 5.50. The number of benzene rings is 1. The molecule has 1 aromatic carbocycles. The predicted octanol–water partition coefficient (Wildman–Crippen LogP) is 1.47. The maximum atomic E-state index is 11.6. The minimum atomic E-state index is -0.680. The van der Waals surface area contributed by atoms with Gasteiger partial charge < -0.3 is 9.82 Å². The van der Waals surface area contributed by atoms with E-state index in [1.807, 2.05) is 18.3 Å². The first kappa shape index (κ1) is 16.2. The Kier molecular flexibility index (Phi) is 5.32. The van der Waals surface area contributed by atoms with Crippen LogP contribution in [0.5, 0.6) is 0 Å². The topological polar surface area (TPSA) is 106 Å². The fourth-order valence-electron chi connectivity index (χ4n) is 2.49. The minimum Gasteiger partial charge on any atom is -0.372 e. The van der Waals surface area contributed by atoms with E-state index in [4.69, 9.17) is 11.7 Å². The molecular weight excluding hydrogens is 280 g/mol. The van der Waals surface area contributed by atoms with Crippen molar-refractivity contribution in [2.24, 2.45) is 11.7 Å². The third-order valence-corrected chi connectivity index (χ3v) is 3.63. The van der Waals surface area contributed by atoms with Gasteiger partial charge in [0.15, 0.2) is 0 Å². The predicted molar refractivity (Wildman–Crippen MR) is 86.5 cm³/mol. The summed E-state index contributed by atoms with van der Waals surface area (Å²) in [6.07, 6.45) is 5.31. The zero-order valence-corrected chi connectivity index (χ0v) is 12.8. The van der Waals surface area contributed by atoms with E-state index in [1.165, 1.54) is 11.1 Å². The molecule has 0 fully saturated rings. The molecule has 0 bridgehead atoms. The lowest BCUT2D eigenvalue weighted by Gasteiger charge is -2.13. The highest BCUT2D eigenvalue weighted by atomic mass is 16.7. The molecule has 0 aliphatic carbocycles. The van der Waals surface area contributed by atoms with Crippen molar-refractivity contribution in [3.05, 3.63) is 47.2 Å². The van der Waals surface area contributed by atoms with Crippen LogP contribution in [-0.2, 0) is 22.5 Å². The molecular formula is C16H22N4O2. The number of allylic oxidation sites excluding steroid dienone is 2. The Balaban J connectivity index is 2.38. The lowest BCUT2D eigenvalue weighted by molar-refractivity contribution is -0.146. The number of hydrogen-bond acceptors (Lipinski definition) is 5. The molecule has 0 amide bonds. The van der Waals surface area contributed by atoms with Gasteiger partial charge in [-0.2, -0.15) is 5.90 Å². The van der Waals surface area contributed by atoms with Crippen molar-refractivity contribution in [2.45, 2.75) is 32.7 Å². The Morgan fingerprint density at radius 3 is 2.82 bits per heavy atom. The van der Waals surface area contributed by atoms with Crippen molar-refractivity contribution in [2.75, 3.05) is 0 Å². The molecule has 118 valence electrons. The molecule has 0 aliphatic heterocycles. The van der Waals surface area contributed by atoms with Crippen molar-refractivity contribution >= 4 is 16.9 Å². The Hall–Kier alpha value is -2.15. The van der Waals surface area contributed by atoms with Gasteiger partial charge >= 0.3 is 5.97 Å². The summed E-state index contributed by atoms with van der Waals surface area (Å²) in [5.74, 6) is 9.78. The Labute approximate surface area is 129 Å². The zero-order chi connectivity index (χ0) is 16.1. The second kappa shape index (κ2) is 7.22. The number of carbonyl (C=O) groups is 1. The van der Waals surface area contributed by atoms with Crippen LogP contribution in [0.25, 0.3) is 10.9 Å². The van der Waals surface area contributed by atoms with Crippen molar-refractivity contribution in [3.8, 4) is 0 Å². The average Bonchev–Trinajstić information content (AvgIpc) is 2.93. The Morgan fingerprint density at radius 1 is 1.41 bits per heavy atom. The van der Waals surface area contributed by atoms with E-state index < -0.39 is 12.0 Å². The average molecular weight is 302 g/mol. The first-order valence-electron chi connectivity index (χ1n) is 7.14. The highest BCUT2D eigenvalue weighted by molar-refractivity contribution is 5.88. The summed E-state index contributed by atoms with van der Waals surface area (Å²) in [7, 11) is 0. The summed E-state index contributed by atoms with van der Waals surface area (Å²) in [6.45, 7) is 4.15. The summed E-state index contributed by atoms with van der Waals surface area (Å²) in [4.78, 5) is 19.1. The number of nitrogens with one attached hydrogen (secondary N) is 2. The minimum absolute atomic E-state index is 0.401. The van der Waals surface area contributed by atoms with Gasteiger partial charge in [0.25, 0.3) is 0 Å². The summed E-state index contributed by atoms with van der Waals surface area (Å²) in [6, 6.07) is 5.44. The van der Waals surface area contributed by atoms with Gasteiger partial charge in [-0.05, 0) is 37.5 Å². The van der Waals surface area contributed by atoms with Crippen LogP contribution in [0.3, 0.4) is 0 Å².